The lowest BCUT2D eigenvalue weighted by molar-refractivity contribution is 0.271. The van der Waals surface area contributed by atoms with E-state index in [1.54, 1.807) is 36.4 Å². The first kappa shape index (κ1) is 17.9. The van der Waals surface area contributed by atoms with Crippen molar-refractivity contribution in [2.75, 3.05) is 0 Å². The van der Waals surface area contributed by atoms with Crippen LogP contribution in [-0.4, -0.2) is 15.3 Å². The van der Waals surface area contributed by atoms with E-state index in [1.807, 2.05) is 36.4 Å². The van der Waals surface area contributed by atoms with Crippen molar-refractivity contribution in [3.05, 3.63) is 89.5 Å². The van der Waals surface area contributed by atoms with Gasteiger partial charge in [-0.1, -0.05) is 57.2 Å². The van der Waals surface area contributed by atoms with Crippen LogP contribution in [0.1, 0.15) is 37.5 Å². The maximum atomic E-state index is 9.77. The molecule has 0 bridgehead atoms. The van der Waals surface area contributed by atoms with E-state index in [1.165, 1.54) is 0 Å². The topological polar surface area (TPSA) is 60.7 Å². The number of rotatable bonds is 3. The van der Waals surface area contributed by atoms with Crippen LogP contribution in [0.3, 0.4) is 0 Å². The van der Waals surface area contributed by atoms with Gasteiger partial charge in [0.1, 0.15) is 17.2 Å². The Morgan fingerprint density at radius 3 is 0.885 bits per heavy atom. The molecular weight excluding hydrogens is 324 g/mol. The van der Waals surface area contributed by atoms with Gasteiger partial charge in [-0.3, -0.25) is 0 Å². The van der Waals surface area contributed by atoms with Crippen molar-refractivity contribution >= 4 is 0 Å². The number of benzene rings is 3. The van der Waals surface area contributed by atoms with Crippen LogP contribution < -0.4 is 0 Å². The number of hydrogen-bond donors (Lipinski definition) is 3. The molecule has 0 amide bonds. The fourth-order valence-electron chi connectivity index (χ4n) is 3.93. The average Bonchev–Trinajstić information content (AvgIpc) is 2.59. The minimum absolute atomic E-state index is 0.216. The summed E-state index contributed by atoms with van der Waals surface area (Å²) in [5.74, 6) is 0.647. The molecule has 0 saturated carbocycles. The van der Waals surface area contributed by atoms with Gasteiger partial charge in [-0.05, 0) is 58.5 Å². The predicted molar refractivity (Wildman–Crippen MR) is 104 cm³/mol. The summed E-state index contributed by atoms with van der Waals surface area (Å²) in [5.41, 5.74) is 2.30. The van der Waals surface area contributed by atoms with E-state index in [-0.39, 0.29) is 22.7 Å². The lowest BCUT2D eigenvalue weighted by Crippen LogP contribution is -2.42. The molecular formula is C23H24O3. The zero-order valence-corrected chi connectivity index (χ0v) is 15.3. The molecule has 3 nitrogen and oxygen atoms in total. The molecule has 3 aromatic carbocycles. The number of phenolic OH excluding ortho intramolecular Hbond substituents is 3. The minimum Gasteiger partial charge on any atom is -0.508 e. The molecule has 0 aliphatic carbocycles. The van der Waals surface area contributed by atoms with Gasteiger partial charge in [0, 0.05) is 5.41 Å². The van der Waals surface area contributed by atoms with Gasteiger partial charge in [0.15, 0.2) is 0 Å². The van der Waals surface area contributed by atoms with Crippen LogP contribution in [-0.2, 0) is 5.41 Å². The second kappa shape index (κ2) is 6.41. The van der Waals surface area contributed by atoms with Gasteiger partial charge in [-0.15, -0.1) is 0 Å². The van der Waals surface area contributed by atoms with Crippen molar-refractivity contribution < 1.29 is 15.3 Å². The minimum atomic E-state index is -0.540. The van der Waals surface area contributed by atoms with Gasteiger partial charge in [-0.2, -0.15) is 0 Å². The van der Waals surface area contributed by atoms with E-state index in [4.69, 9.17) is 0 Å². The highest BCUT2D eigenvalue weighted by Gasteiger charge is 2.46. The van der Waals surface area contributed by atoms with Gasteiger partial charge in [-0.25, -0.2) is 0 Å². The quantitative estimate of drug-likeness (QED) is 0.571. The first-order valence-corrected chi connectivity index (χ1v) is 8.63. The van der Waals surface area contributed by atoms with Gasteiger partial charge >= 0.3 is 0 Å². The summed E-state index contributed by atoms with van der Waals surface area (Å²) >= 11 is 0. The fourth-order valence-corrected chi connectivity index (χ4v) is 3.93. The van der Waals surface area contributed by atoms with E-state index in [0.717, 1.165) is 16.7 Å². The van der Waals surface area contributed by atoms with Crippen LogP contribution >= 0.6 is 0 Å². The molecule has 0 saturated heterocycles. The van der Waals surface area contributed by atoms with Crippen molar-refractivity contribution in [1.82, 2.24) is 0 Å². The Kier molecular flexibility index (Phi) is 4.41. The molecule has 3 N–H and O–H groups in total. The Morgan fingerprint density at radius 2 is 0.692 bits per heavy atom. The lowest BCUT2D eigenvalue weighted by Gasteiger charge is -2.47. The largest absolute Gasteiger partial charge is 0.508 e. The highest BCUT2D eigenvalue weighted by atomic mass is 16.3. The van der Waals surface area contributed by atoms with Crippen LogP contribution in [0.5, 0.6) is 17.2 Å². The van der Waals surface area contributed by atoms with Gasteiger partial charge in [0.05, 0.1) is 0 Å². The maximum absolute atomic E-state index is 9.77. The van der Waals surface area contributed by atoms with E-state index in [2.05, 4.69) is 20.8 Å². The lowest BCUT2D eigenvalue weighted by atomic mass is 9.56. The second-order valence-corrected chi connectivity index (χ2v) is 7.64. The van der Waals surface area contributed by atoms with Gasteiger partial charge < -0.3 is 15.3 Å². The highest BCUT2D eigenvalue weighted by Crippen LogP contribution is 2.52. The molecule has 0 aliphatic heterocycles. The van der Waals surface area contributed by atoms with Gasteiger partial charge in [0.25, 0.3) is 0 Å². The summed E-state index contributed by atoms with van der Waals surface area (Å²) in [6, 6.07) is 21.7. The summed E-state index contributed by atoms with van der Waals surface area (Å²) < 4.78 is 0. The van der Waals surface area contributed by atoms with E-state index in [0.29, 0.717) is 0 Å². The van der Waals surface area contributed by atoms with Crippen LogP contribution in [0.2, 0.25) is 0 Å². The molecule has 0 aromatic heterocycles. The zero-order chi connectivity index (χ0) is 18.9. The number of phenols is 3. The van der Waals surface area contributed by atoms with Crippen molar-refractivity contribution in [1.29, 1.82) is 0 Å². The molecule has 3 rings (SSSR count). The fraction of sp³-hybridized carbons (Fsp3) is 0.217. The maximum Gasteiger partial charge on any atom is 0.115 e. The van der Waals surface area contributed by atoms with Crippen molar-refractivity contribution in [2.24, 2.45) is 5.41 Å². The molecule has 134 valence electrons. The first-order chi connectivity index (χ1) is 12.2. The van der Waals surface area contributed by atoms with Crippen LogP contribution in [0.25, 0.3) is 0 Å². The Balaban J connectivity index is 2.40. The molecule has 0 spiro atoms. The molecule has 0 aliphatic rings. The van der Waals surface area contributed by atoms with E-state index < -0.39 is 5.41 Å². The average molecular weight is 348 g/mol. The molecule has 26 heavy (non-hydrogen) atoms. The summed E-state index contributed by atoms with van der Waals surface area (Å²) in [4.78, 5) is 0. The van der Waals surface area contributed by atoms with E-state index in [9.17, 15) is 15.3 Å². The van der Waals surface area contributed by atoms with Crippen molar-refractivity contribution in [3.63, 3.8) is 0 Å². The predicted octanol–water partition coefficient (Wildman–Crippen LogP) is 5.18. The second-order valence-electron chi connectivity index (χ2n) is 7.64. The molecule has 3 aromatic rings. The molecule has 0 atom stereocenters. The Labute approximate surface area is 154 Å². The molecule has 0 unspecified atom stereocenters. The standard InChI is InChI=1S/C23H24O3/c1-22(2,3)23(16-4-10-19(24)11-5-16,17-6-12-20(25)13-7-17)18-8-14-21(26)15-9-18/h4-15,24-26H,1-3H3. The van der Waals surface area contributed by atoms with Crippen molar-refractivity contribution in [2.45, 2.75) is 26.2 Å². The van der Waals surface area contributed by atoms with Crippen LogP contribution in [0, 0.1) is 5.41 Å². The normalized spacial score (nSPS) is 12.1. The summed E-state index contributed by atoms with van der Waals surface area (Å²) in [7, 11) is 0. The highest BCUT2D eigenvalue weighted by molar-refractivity contribution is 5.54. The SMILES string of the molecule is CC(C)(C)C(c1ccc(O)cc1)(c1ccc(O)cc1)c1ccc(O)cc1. The third-order valence-electron chi connectivity index (χ3n) is 5.03. The first-order valence-electron chi connectivity index (χ1n) is 8.63. The Hall–Kier alpha value is -2.94. The third kappa shape index (κ3) is 2.90. The monoisotopic (exact) mass is 348 g/mol. The Bertz CT molecular complexity index is 760. The van der Waals surface area contributed by atoms with E-state index >= 15 is 0 Å². The van der Waals surface area contributed by atoms with Crippen molar-refractivity contribution in [3.8, 4) is 17.2 Å². The third-order valence-corrected chi connectivity index (χ3v) is 5.03. The van der Waals surface area contributed by atoms with Gasteiger partial charge in [0.2, 0.25) is 0 Å². The number of aromatic hydroxyl groups is 3. The smallest absolute Gasteiger partial charge is 0.115 e. The van der Waals surface area contributed by atoms with Crippen LogP contribution in [0.15, 0.2) is 72.8 Å². The number of hydrogen-bond acceptors (Lipinski definition) is 3. The van der Waals surface area contributed by atoms with Crippen LogP contribution in [0.4, 0.5) is 0 Å². The Morgan fingerprint density at radius 1 is 0.462 bits per heavy atom. The summed E-state index contributed by atoms with van der Waals surface area (Å²) in [6.07, 6.45) is 0. The molecule has 0 fully saturated rings. The molecule has 0 radical (unpaired) electrons. The summed E-state index contributed by atoms with van der Waals surface area (Å²) in [6.45, 7) is 6.50. The molecule has 3 heteroatoms. The zero-order valence-electron chi connectivity index (χ0n) is 15.3. The summed E-state index contributed by atoms with van der Waals surface area (Å²) in [5, 5.41) is 29.3. The molecule has 0 heterocycles.